The molecule has 0 spiro atoms. The number of carbonyl (C=O) groups excluding carboxylic acids is 1. The van der Waals surface area contributed by atoms with Gasteiger partial charge in [-0.15, -0.1) is 0 Å². The summed E-state index contributed by atoms with van der Waals surface area (Å²) in [6.07, 6.45) is 1.66. The molecule has 0 bridgehead atoms. The van der Waals surface area contributed by atoms with Gasteiger partial charge in [-0.3, -0.25) is 4.79 Å². The average molecular weight is 343 g/mol. The van der Waals surface area contributed by atoms with E-state index in [2.05, 4.69) is 10.6 Å². The Labute approximate surface area is 144 Å². The number of para-hydroxylation sites is 1. The maximum atomic E-state index is 12.3. The minimum Gasteiger partial charge on any atom is -0.480 e. The van der Waals surface area contributed by atoms with Crippen LogP contribution in [0.25, 0.3) is 5.57 Å². The number of nitrogens with one attached hydrogen (secondary N) is 2. The number of carbonyl (C=O) groups is 2. The van der Waals surface area contributed by atoms with Gasteiger partial charge in [0.1, 0.15) is 6.04 Å². The van der Waals surface area contributed by atoms with Crippen molar-refractivity contribution in [2.45, 2.75) is 12.5 Å². The Kier molecular flexibility index (Phi) is 4.53. The Bertz CT molecular complexity index is 818. The number of hydrogen-bond donors (Lipinski definition) is 3. The smallest absolute Gasteiger partial charge is 0.326 e. The summed E-state index contributed by atoms with van der Waals surface area (Å²) in [5, 5.41) is 15.5. The van der Waals surface area contributed by atoms with E-state index in [1.54, 1.807) is 30.3 Å². The van der Waals surface area contributed by atoms with Gasteiger partial charge in [0, 0.05) is 34.5 Å². The molecule has 0 fully saturated rings. The van der Waals surface area contributed by atoms with Crippen molar-refractivity contribution in [2.24, 2.45) is 0 Å². The summed E-state index contributed by atoms with van der Waals surface area (Å²) in [6.45, 7) is 0. The van der Waals surface area contributed by atoms with E-state index in [1.165, 1.54) is 6.08 Å². The van der Waals surface area contributed by atoms with Crippen LogP contribution in [-0.2, 0) is 9.59 Å². The highest BCUT2D eigenvalue weighted by Crippen LogP contribution is 2.35. The summed E-state index contributed by atoms with van der Waals surface area (Å²) in [4.78, 5) is 23.6. The molecule has 6 heteroatoms. The molecular weight excluding hydrogens is 328 g/mol. The van der Waals surface area contributed by atoms with Crippen molar-refractivity contribution in [1.82, 2.24) is 0 Å². The molecule has 1 heterocycles. The minimum absolute atomic E-state index is 0.214. The number of carboxylic acids is 1. The van der Waals surface area contributed by atoms with Crippen molar-refractivity contribution < 1.29 is 14.7 Å². The van der Waals surface area contributed by atoms with Gasteiger partial charge in [-0.05, 0) is 29.8 Å². The van der Waals surface area contributed by atoms with Crippen molar-refractivity contribution >= 4 is 40.4 Å². The molecule has 122 valence electrons. The number of rotatable bonds is 3. The van der Waals surface area contributed by atoms with Crippen LogP contribution in [0, 0.1) is 0 Å². The number of halogens is 1. The lowest BCUT2D eigenvalue weighted by Crippen LogP contribution is -2.33. The number of hydrogen-bond acceptors (Lipinski definition) is 3. The molecule has 0 saturated heterocycles. The summed E-state index contributed by atoms with van der Waals surface area (Å²) < 4.78 is 0. The van der Waals surface area contributed by atoms with Crippen molar-refractivity contribution in [3.63, 3.8) is 0 Å². The van der Waals surface area contributed by atoms with Crippen molar-refractivity contribution in [1.29, 1.82) is 0 Å². The molecule has 3 N–H and O–H groups in total. The Balaban J connectivity index is 1.90. The van der Waals surface area contributed by atoms with Gasteiger partial charge in [0.15, 0.2) is 0 Å². The van der Waals surface area contributed by atoms with Crippen LogP contribution in [0.2, 0.25) is 5.02 Å². The van der Waals surface area contributed by atoms with Gasteiger partial charge in [0.2, 0.25) is 5.91 Å². The van der Waals surface area contributed by atoms with E-state index in [0.29, 0.717) is 22.0 Å². The highest BCUT2D eigenvalue weighted by atomic mass is 35.5. The van der Waals surface area contributed by atoms with E-state index >= 15 is 0 Å². The third kappa shape index (κ3) is 3.58. The Morgan fingerprint density at radius 1 is 1.21 bits per heavy atom. The summed E-state index contributed by atoms with van der Waals surface area (Å²) in [6, 6.07) is 13.4. The van der Waals surface area contributed by atoms with Crippen molar-refractivity contribution in [3.05, 3.63) is 65.2 Å². The second-order valence-electron chi connectivity index (χ2n) is 5.45. The first-order valence-corrected chi connectivity index (χ1v) is 7.76. The molecule has 2 aromatic carbocycles. The van der Waals surface area contributed by atoms with Crippen LogP contribution in [0.5, 0.6) is 0 Å². The molecule has 2 aromatic rings. The van der Waals surface area contributed by atoms with Gasteiger partial charge >= 0.3 is 5.97 Å². The van der Waals surface area contributed by atoms with Crippen LogP contribution < -0.4 is 10.6 Å². The fraction of sp³-hybridized carbons (Fsp3) is 0.111. The quantitative estimate of drug-likeness (QED) is 0.744. The molecule has 0 aliphatic carbocycles. The summed E-state index contributed by atoms with van der Waals surface area (Å²) in [5.74, 6) is -1.28. The van der Waals surface area contributed by atoms with Crippen LogP contribution in [0.1, 0.15) is 12.0 Å². The van der Waals surface area contributed by atoms with Crippen molar-refractivity contribution in [3.8, 4) is 0 Å². The van der Waals surface area contributed by atoms with Crippen LogP contribution in [-0.4, -0.2) is 23.0 Å². The molecular formula is C18H15ClN2O3. The number of aliphatic carboxylic acids is 1. The summed E-state index contributed by atoms with van der Waals surface area (Å²) >= 11 is 5.98. The van der Waals surface area contributed by atoms with E-state index < -0.39 is 12.0 Å². The van der Waals surface area contributed by atoms with E-state index in [0.717, 1.165) is 5.56 Å². The maximum Gasteiger partial charge on any atom is 0.326 e. The second kappa shape index (κ2) is 6.76. The lowest BCUT2D eigenvalue weighted by atomic mass is 9.92. The van der Waals surface area contributed by atoms with E-state index in [9.17, 15) is 14.7 Å². The molecule has 0 radical (unpaired) electrons. The highest BCUT2D eigenvalue weighted by molar-refractivity contribution is 6.31. The predicted molar refractivity (Wildman–Crippen MR) is 94.2 cm³/mol. The monoisotopic (exact) mass is 342 g/mol. The average Bonchev–Trinajstić information content (AvgIpc) is 2.55. The fourth-order valence-corrected chi connectivity index (χ4v) is 2.80. The fourth-order valence-electron chi connectivity index (χ4n) is 2.63. The molecule has 24 heavy (non-hydrogen) atoms. The molecule has 0 saturated carbocycles. The van der Waals surface area contributed by atoms with Gasteiger partial charge < -0.3 is 15.7 Å². The number of amides is 1. The Morgan fingerprint density at radius 2 is 1.96 bits per heavy atom. The first-order chi connectivity index (χ1) is 11.5. The van der Waals surface area contributed by atoms with Gasteiger partial charge in [0.25, 0.3) is 0 Å². The molecule has 5 nitrogen and oxygen atoms in total. The zero-order valence-electron chi connectivity index (χ0n) is 12.6. The number of benzene rings is 2. The van der Waals surface area contributed by atoms with Gasteiger partial charge in [-0.1, -0.05) is 35.9 Å². The molecule has 1 atom stereocenters. The Morgan fingerprint density at radius 3 is 2.67 bits per heavy atom. The molecule has 1 amide bonds. The third-order valence-corrected chi connectivity index (χ3v) is 3.96. The van der Waals surface area contributed by atoms with Gasteiger partial charge in [-0.25, -0.2) is 4.79 Å². The SMILES string of the molecule is O=C(/C=C1\CC(C(=O)O)Nc2cc(Cl)ccc21)Nc1ccccc1. The van der Waals surface area contributed by atoms with Gasteiger partial charge in [-0.2, -0.15) is 0 Å². The number of carboxylic acid groups (broad SMARTS) is 1. The zero-order valence-corrected chi connectivity index (χ0v) is 13.4. The molecule has 1 unspecified atom stereocenters. The standard InChI is InChI=1S/C18H15ClN2O3/c19-12-6-7-14-11(8-16(18(23)24)21-15(14)10-12)9-17(22)20-13-4-2-1-3-5-13/h1-7,9-10,16,21H,8H2,(H,20,22)(H,23,24)/b11-9+. The summed E-state index contributed by atoms with van der Waals surface area (Å²) in [7, 11) is 0. The second-order valence-corrected chi connectivity index (χ2v) is 5.89. The molecule has 3 rings (SSSR count). The predicted octanol–water partition coefficient (Wildman–Crippen LogP) is 3.63. The molecule has 1 aliphatic rings. The van der Waals surface area contributed by atoms with Crippen LogP contribution in [0.3, 0.4) is 0 Å². The molecule has 0 aromatic heterocycles. The van der Waals surface area contributed by atoms with Gasteiger partial charge in [0.05, 0.1) is 0 Å². The van der Waals surface area contributed by atoms with E-state index in [4.69, 9.17) is 11.6 Å². The van der Waals surface area contributed by atoms with Crippen LogP contribution >= 0.6 is 11.6 Å². The lowest BCUT2D eigenvalue weighted by Gasteiger charge is -2.26. The highest BCUT2D eigenvalue weighted by Gasteiger charge is 2.27. The number of anilines is 2. The van der Waals surface area contributed by atoms with E-state index in [1.807, 2.05) is 18.2 Å². The minimum atomic E-state index is -0.977. The normalized spacial score (nSPS) is 17.7. The first-order valence-electron chi connectivity index (χ1n) is 7.39. The Hall–Kier alpha value is -2.79. The van der Waals surface area contributed by atoms with Crippen LogP contribution in [0.15, 0.2) is 54.6 Å². The molecule has 1 aliphatic heterocycles. The van der Waals surface area contributed by atoms with Crippen molar-refractivity contribution in [2.75, 3.05) is 10.6 Å². The third-order valence-electron chi connectivity index (χ3n) is 3.73. The topological polar surface area (TPSA) is 78.4 Å². The largest absolute Gasteiger partial charge is 0.480 e. The number of fused-ring (bicyclic) bond motifs is 1. The van der Waals surface area contributed by atoms with E-state index in [-0.39, 0.29) is 12.3 Å². The lowest BCUT2D eigenvalue weighted by molar-refractivity contribution is -0.137. The maximum absolute atomic E-state index is 12.3. The zero-order chi connectivity index (χ0) is 17.1. The summed E-state index contributed by atoms with van der Waals surface area (Å²) in [5.41, 5.74) is 2.72. The van der Waals surface area contributed by atoms with Crippen LogP contribution in [0.4, 0.5) is 11.4 Å². The first kappa shape index (κ1) is 16.1.